The highest BCUT2D eigenvalue weighted by atomic mass is 16.7. The van der Waals surface area contributed by atoms with Gasteiger partial charge >= 0.3 is 0 Å². The minimum absolute atomic E-state index is 0.0258. The number of rotatable bonds is 3. The summed E-state index contributed by atoms with van der Waals surface area (Å²) in [4.78, 5) is 24.9. The molecule has 3 aliphatic heterocycles. The molecular formula is C27H28N6O3. The summed E-state index contributed by atoms with van der Waals surface area (Å²) in [5.74, 6) is 9.04. The number of likely N-dealkylation sites (tertiary alicyclic amines) is 2. The van der Waals surface area contributed by atoms with Crippen LogP contribution >= 0.6 is 0 Å². The Morgan fingerprint density at radius 1 is 1.22 bits per heavy atom. The third-order valence-electron chi connectivity index (χ3n) is 7.43. The molecule has 0 atom stereocenters. The van der Waals surface area contributed by atoms with E-state index < -0.39 is 0 Å². The summed E-state index contributed by atoms with van der Waals surface area (Å²) in [5, 5.41) is 0.768. The van der Waals surface area contributed by atoms with Crippen molar-refractivity contribution in [1.29, 1.82) is 0 Å². The molecule has 2 N–H and O–H groups in total. The van der Waals surface area contributed by atoms with E-state index in [2.05, 4.69) is 33.3 Å². The lowest BCUT2D eigenvalue weighted by atomic mass is 9.93. The van der Waals surface area contributed by atoms with Crippen LogP contribution in [0.3, 0.4) is 0 Å². The van der Waals surface area contributed by atoms with Crippen LogP contribution in [0.1, 0.15) is 18.5 Å². The van der Waals surface area contributed by atoms with E-state index >= 15 is 0 Å². The Labute approximate surface area is 209 Å². The van der Waals surface area contributed by atoms with Crippen LogP contribution in [-0.2, 0) is 11.8 Å². The fraction of sp³-hybridized carbons (Fsp3) is 0.370. The molecular weight excluding hydrogens is 456 g/mol. The zero-order valence-electron chi connectivity index (χ0n) is 20.2. The van der Waals surface area contributed by atoms with Crippen LogP contribution in [0, 0.1) is 17.8 Å². The van der Waals surface area contributed by atoms with Gasteiger partial charge in [-0.05, 0) is 30.9 Å². The number of carbonyl (C=O) groups is 1. The number of amides is 1. The van der Waals surface area contributed by atoms with Gasteiger partial charge in [-0.1, -0.05) is 24.6 Å². The van der Waals surface area contributed by atoms with Gasteiger partial charge in [0.2, 0.25) is 12.7 Å². The number of carbonyl (C=O) groups excluding carboxylic acids is 1. The number of fused-ring (bicyclic) bond motifs is 2. The SMILES string of the molecule is C=CC(=O)N1CCC(N2CC(C#Cc3c(-c4cccc5c4OCO5)c4c(N)ncnc4n3C)C2)CC1. The fourth-order valence-corrected chi connectivity index (χ4v) is 5.46. The van der Waals surface area contributed by atoms with Crippen molar-refractivity contribution in [3.63, 3.8) is 0 Å². The van der Waals surface area contributed by atoms with Crippen molar-refractivity contribution in [2.75, 3.05) is 38.7 Å². The number of aromatic nitrogens is 3. The molecule has 2 aromatic heterocycles. The summed E-state index contributed by atoms with van der Waals surface area (Å²) in [6.07, 6.45) is 4.86. The third kappa shape index (κ3) is 3.65. The lowest BCUT2D eigenvalue weighted by molar-refractivity contribution is -0.127. The number of benzene rings is 1. The number of hydrogen-bond acceptors (Lipinski definition) is 7. The molecule has 0 aliphatic carbocycles. The van der Waals surface area contributed by atoms with Gasteiger partial charge in [-0.15, -0.1) is 0 Å². The molecule has 2 saturated heterocycles. The summed E-state index contributed by atoms with van der Waals surface area (Å²) in [7, 11) is 1.95. The molecule has 1 aromatic carbocycles. The maximum absolute atomic E-state index is 11.8. The number of para-hydroxylation sites is 1. The highest BCUT2D eigenvalue weighted by molar-refractivity contribution is 6.05. The standard InChI is InChI=1S/C27H28N6O3/c1-3-22(34)32-11-9-18(10-12-32)33-13-17(14-33)7-8-20-23(19-5-4-6-21-25(19)36-16-35-21)24-26(28)29-15-30-27(24)31(20)2/h3-6,15,17-18H,1,9-14,16H2,2H3,(H2,28,29,30). The summed E-state index contributed by atoms with van der Waals surface area (Å²) < 4.78 is 13.4. The first-order chi connectivity index (χ1) is 17.5. The molecule has 6 rings (SSSR count). The van der Waals surface area contributed by atoms with Gasteiger partial charge in [-0.2, -0.15) is 0 Å². The summed E-state index contributed by atoms with van der Waals surface area (Å²) in [6.45, 7) is 7.23. The van der Waals surface area contributed by atoms with Crippen LogP contribution in [0.15, 0.2) is 37.2 Å². The van der Waals surface area contributed by atoms with Gasteiger partial charge < -0.3 is 24.7 Å². The summed E-state index contributed by atoms with van der Waals surface area (Å²) in [6, 6.07) is 6.33. The molecule has 0 spiro atoms. The molecule has 0 unspecified atom stereocenters. The number of aryl methyl sites for hydroxylation is 1. The minimum atomic E-state index is 0.0258. The van der Waals surface area contributed by atoms with Crippen LogP contribution in [0.25, 0.3) is 22.2 Å². The Kier molecular flexibility index (Phi) is 5.53. The minimum Gasteiger partial charge on any atom is -0.454 e. The van der Waals surface area contributed by atoms with Crippen molar-refractivity contribution in [3.8, 4) is 34.5 Å². The second kappa shape index (κ2) is 8.88. The summed E-state index contributed by atoms with van der Waals surface area (Å²) in [5.41, 5.74) is 9.64. The molecule has 3 aromatic rings. The van der Waals surface area contributed by atoms with Gasteiger partial charge in [-0.3, -0.25) is 9.69 Å². The summed E-state index contributed by atoms with van der Waals surface area (Å²) >= 11 is 0. The van der Waals surface area contributed by atoms with E-state index in [1.807, 2.05) is 34.7 Å². The number of hydrogen-bond donors (Lipinski definition) is 1. The maximum Gasteiger partial charge on any atom is 0.245 e. The molecule has 2 fully saturated rings. The number of ether oxygens (including phenoxy) is 2. The first-order valence-electron chi connectivity index (χ1n) is 12.2. The highest BCUT2D eigenvalue weighted by Crippen LogP contribution is 2.46. The first kappa shape index (κ1) is 22.4. The molecule has 184 valence electrons. The van der Waals surface area contributed by atoms with Gasteiger partial charge in [0.05, 0.1) is 5.39 Å². The largest absolute Gasteiger partial charge is 0.454 e. The molecule has 0 saturated carbocycles. The Morgan fingerprint density at radius 2 is 2.03 bits per heavy atom. The van der Waals surface area contributed by atoms with E-state index in [-0.39, 0.29) is 18.6 Å². The Morgan fingerprint density at radius 3 is 2.81 bits per heavy atom. The normalized spacial score (nSPS) is 18.1. The van der Waals surface area contributed by atoms with Crippen molar-refractivity contribution in [2.24, 2.45) is 13.0 Å². The van der Waals surface area contributed by atoms with E-state index in [1.54, 1.807) is 0 Å². The second-order valence-electron chi connectivity index (χ2n) is 9.46. The van der Waals surface area contributed by atoms with E-state index in [0.717, 1.165) is 66.9 Å². The smallest absolute Gasteiger partial charge is 0.245 e. The molecule has 9 heteroatoms. The predicted octanol–water partition coefficient (Wildman–Crippen LogP) is 2.41. The van der Waals surface area contributed by atoms with Crippen LogP contribution in [0.5, 0.6) is 11.5 Å². The van der Waals surface area contributed by atoms with E-state index in [0.29, 0.717) is 23.4 Å². The van der Waals surface area contributed by atoms with Crippen molar-refractivity contribution in [3.05, 3.63) is 42.9 Å². The second-order valence-corrected chi connectivity index (χ2v) is 9.46. The Balaban J connectivity index is 1.27. The molecule has 0 radical (unpaired) electrons. The Hall–Kier alpha value is -4.03. The van der Waals surface area contributed by atoms with Crippen LogP contribution in [0.2, 0.25) is 0 Å². The first-order valence-corrected chi connectivity index (χ1v) is 12.2. The molecule has 9 nitrogen and oxygen atoms in total. The van der Waals surface area contributed by atoms with Crippen molar-refractivity contribution in [2.45, 2.75) is 18.9 Å². The maximum atomic E-state index is 11.8. The molecule has 3 aliphatic rings. The van der Waals surface area contributed by atoms with Crippen molar-refractivity contribution < 1.29 is 14.3 Å². The van der Waals surface area contributed by atoms with Gasteiger partial charge in [0.1, 0.15) is 23.5 Å². The van der Waals surface area contributed by atoms with Crippen molar-refractivity contribution in [1.82, 2.24) is 24.3 Å². The van der Waals surface area contributed by atoms with E-state index in [1.165, 1.54) is 12.4 Å². The highest BCUT2D eigenvalue weighted by Gasteiger charge is 2.34. The van der Waals surface area contributed by atoms with Crippen LogP contribution in [-0.4, -0.2) is 69.3 Å². The quantitative estimate of drug-likeness (QED) is 0.450. The number of nitrogen functional groups attached to an aromatic ring is 1. The monoisotopic (exact) mass is 484 g/mol. The van der Waals surface area contributed by atoms with Gasteiger partial charge in [-0.25, -0.2) is 9.97 Å². The number of piperidine rings is 1. The van der Waals surface area contributed by atoms with Crippen LogP contribution in [0.4, 0.5) is 5.82 Å². The number of nitrogens with two attached hydrogens (primary N) is 1. The Bertz CT molecular complexity index is 1420. The molecule has 1 amide bonds. The van der Waals surface area contributed by atoms with Gasteiger partial charge in [0.15, 0.2) is 11.5 Å². The molecule has 5 heterocycles. The van der Waals surface area contributed by atoms with Gasteiger partial charge in [0, 0.05) is 56.3 Å². The average Bonchev–Trinajstić information content (AvgIpc) is 3.46. The van der Waals surface area contributed by atoms with Gasteiger partial charge in [0.25, 0.3) is 0 Å². The average molecular weight is 485 g/mol. The predicted molar refractivity (Wildman–Crippen MR) is 136 cm³/mol. The van der Waals surface area contributed by atoms with Crippen LogP contribution < -0.4 is 15.2 Å². The topological polar surface area (TPSA) is 98.7 Å². The number of nitrogens with zero attached hydrogens (tertiary/aromatic N) is 5. The van der Waals surface area contributed by atoms with Crippen molar-refractivity contribution >= 4 is 22.8 Å². The lowest BCUT2D eigenvalue weighted by Gasteiger charge is -2.45. The molecule has 36 heavy (non-hydrogen) atoms. The lowest BCUT2D eigenvalue weighted by Crippen LogP contribution is -2.55. The zero-order valence-corrected chi connectivity index (χ0v) is 20.2. The zero-order chi connectivity index (χ0) is 24.8. The third-order valence-corrected chi connectivity index (χ3v) is 7.43. The fourth-order valence-electron chi connectivity index (χ4n) is 5.46. The molecule has 0 bridgehead atoms. The van der Waals surface area contributed by atoms with E-state index in [9.17, 15) is 4.79 Å². The van der Waals surface area contributed by atoms with E-state index in [4.69, 9.17) is 15.2 Å². The number of anilines is 1.